The van der Waals surface area contributed by atoms with Crippen molar-refractivity contribution in [3.05, 3.63) is 62.4 Å². The van der Waals surface area contributed by atoms with E-state index in [2.05, 4.69) is 21.2 Å². The molecule has 0 saturated carbocycles. The Morgan fingerprint density at radius 2 is 2.14 bits per heavy atom. The van der Waals surface area contributed by atoms with E-state index in [9.17, 15) is 14.5 Å². The van der Waals surface area contributed by atoms with Crippen LogP contribution in [0.25, 0.3) is 0 Å². The molecule has 1 N–H and O–H groups in total. The Labute approximate surface area is 129 Å². The average molecular weight is 355 g/mol. The third kappa shape index (κ3) is 3.69. The molecule has 0 atom stereocenters. The van der Waals surface area contributed by atoms with Crippen LogP contribution in [0.3, 0.4) is 0 Å². The molecule has 0 saturated heterocycles. The molecule has 0 aliphatic rings. The first-order valence-electron chi connectivity index (χ1n) is 6.01. The summed E-state index contributed by atoms with van der Waals surface area (Å²) in [5, 5.41) is 13.9. The lowest BCUT2D eigenvalue weighted by molar-refractivity contribution is -0.384. The summed E-state index contributed by atoms with van der Waals surface area (Å²) >= 11 is 3.02. The van der Waals surface area contributed by atoms with E-state index in [0.29, 0.717) is 12.3 Å². The average Bonchev–Trinajstić information content (AvgIpc) is 2.48. The van der Waals surface area contributed by atoms with E-state index in [1.807, 2.05) is 18.2 Å². The van der Waals surface area contributed by atoms with Gasteiger partial charge in [0.25, 0.3) is 5.69 Å². The fourth-order valence-corrected chi connectivity index (χ4v) is 2.15. The van der Waals surface area contributed by atoms with Gasteiger partial charge in [-0.3, -0.25) is 10.1 Å². The first kappa shape index (κ1) is 15.2. The van der Waals surface area contributed by atoms with Gasteiger partial charge in [-0.1, -0.05) is 12.1 Å². The highest BCUT2D eigenvalue weighted by Gasteiger charge is 2.17. The lowest BCUT2D eigenvalue weighted by Crippen LogP contribution is -2.03. The van der Waals surface area contributed by atoms with Gasteiger partial charge in [0.15, 0.2) is 0 Å². The fraction of sp³-hybridized carbons (Fsp3) is 0.143. The van der Waals surface area contributed by atoms with E-state index in [-0.39, 0.29) is 15.8 Å². The van der Waals surface area contributed by atoms with Crippen LogP contribution in [-0.2, 0) is 6.54 Å². The zero-order chi connectivity index (χ0) is 15.4. The van der Waals surface area contributed by atoms with Crippen LogP contribution in [0.5, 0.6) is 5.75 Å². The number of nitrogens with zero attached hydrogens (tertiary/aromatic N) is 1. The lowest BCUT2D eigenvalue weighted by atomic mass is 10.2. The molecule has 5 nitrogen and oxygen atoms in total. The molecule has 0 spiro atoms. The highest BCUT2D eigenvalue weighted by atomic mass is 79.9. The minimum atomic E-state index is -0.673. The maximum atomic E-state index is 13.4. The number of methoxy groups -OCH3 is 1. The van der Waals surface area contributed by atoms with Gasteiger partial charge >= 0.3 is 0 Å². The fourth-order valence-electron chi connectivity index (χ4n) is 1.81. The quantitative estimate of drug-likeness (QED) is 0.647. The van der Waals surface area contributed by atoms with Crippen LogP contribution in [0.15, 0.2) is 40.9 Å². The van der Waals surface area contributed by atoms with E-state index in [4.69, 9.17) is 4.74 Å². The van der Waals surface area contributed by atoms with Gasteiger partial charge in [0.1, 0.15) is 17.3 Å². The number of rotatable bonds is 5. The number of benzene rings is 2. The Balaban J connectivity index is 2.22. The van der Waals surface area contributed by atoms with Crippen molar-refractivity contribution in [1.82, 2.24) is 0 Å². The molecule has 0 aliphatic carbocycles. The summed E-state index contributed by atoms with van der Waals surface area (Å²) in [7, 11) is 1.56. The van der Waals surface area contributed by atoms with Crippen molar-refractivity contribution < 1.29 is 14.1 Å². The minimum absolute atomic E-state index is 0.168. The molecule has 21 heavy (non-hydrogen) atoms. The zero-order valence-electron chi connectivity index (χ0n) is 11.1. The number of hydrogen-bond donors (Lipinski definition) is 1. The second-order valence-corrected chi connectivity index (χ2v) is 5.10. The number of anilines is 1. The van der Waals surface area contributed by atoms with Gasteiger partial charge < -0.3 is 10.1 Å². The van der Waals surface area contributed by atoms with Crippen molar-refractivity contribution in [2.45, 2.75) is 6.54 Å². The summed E-state index contributed by atoms with van der Waals surface area (Å²) in [6, 6.07) is 9.55. The molecule has 2 aromatic carbocycles. The molecule has 0 amide bonds. The maximum Gasteiger partial charge on any atom is 0.295 e. The van der Waals surface area contributed by atoms with Crippen molar-refractivity contribution in [3.8, 4) is 5.75 Å². The van der Waals surface area contributed by atoms with Crippen LogP contribution in [0, 0.1) is 15.9 Å². The lowest BCUT2D eigenvalue weighted by Gasteiger charge is -2.09. The molecular weight excluding hydrogens is 343 g/mol. The zero-order valence-corrected chi connectivity index (χ0v) is 12.7. The Morgan fingerprint density at radius 3 is 2.81 bits per heavy atom. The molecule has 0 unspecified atom stereocenters. The van der Waals surface area contributed by atoms with Gasteiger partial charge in [-0.2, -0.15) is 0 Å². The van der Waals surface area contributed by atoms with Crippen LogP contribution < -0.4 is 10.1 Å². The van der Waals surface area contributed by atoms with Gasteiger partial charge in [0.2, 0.25) is 0 Å². The minimum Gasteiger partial charge on any atom is -0.497 e. The molecular formula is C14H12BrFN2O3. The van der Waals surface area contributed by atoms with Crippen LogP contribution in [0.2, 0.25) is 0 Å². The summed E-state index contributed by atoms with van der Waals surface area (Å²) in [5.41, 5.74) is 0.832. The van der Waals surface area contributed by atoms with Crippen molar-refractivity contribution in [2.24, 2.45) is 0 Å². The van der Waals surface area contributed by atoms with Crippen LogP contribution in [0.4, 0.5) is 15.8 Å². The Hall–Kier alpha value is -2.15. The predicted molar refractivity (Wildman–Crippen MR) is 81.1 cm³/mol. The van der Waals surface area contributed by atoms with E-state index >= 15 is 0 Å². The Morgan fingerprint density at radius 1 is 1.38 bits per heavy atom. The number of nitrogens with one attached hydrogen (secondary N) is 1. The summed E-state index contributed by atoms with van der Waals surface area (Å²) in [4.78, 5) is 10.3. The van der Waals surface area contributed by atoms with E-state index in [1.165, 1.54) is 6.07 Å². The predicted octanol–water partition coefficient (Wildman–Crippen LogP) is 4.12. The Kier molecular flexibility index (Phi) is 4.74. The number of ether oxygens (including phenoxy) is 1. The highest BCUT2D eigenvalue weighted by molar-refractivity contribution is 9.10. The SMILES string of the molecule is COc1cccc(CNc2cc(Br)c(F)cc2[N+](=O)[O-])c1. The topological polar surface area (TPSA) is 64.4 Å². The first-order chi connectivity index (χ1) is 10.0. The standard InChI is InChI=1S/C14H12BrFN2O3/c1-21-10-4-2-3-9(5-10)8-17-13-6-11(15)12(16)7-14(13)18(19)20/h2-7,17H,8H2,1H3. The number of nitro benzene ring substituents is 1. The number of halogens is 2. The van der Waals surface area contributed by atoms with Gasteiger partial charge in [0.05, 0.1) is 22.6 Å². The molecule has 0 aliphatic heterocycles. The molecule has 2 rings (SSSR count). The molecule has 0 fully saturated rings. The van der Waals surface area contributed by atoms with Gasteiger partial charge in [-0.25, -0.2) is 4.39 Å². The monoisotopic (exact) mass is 354 g/mol. The largest absolute Gasteiger partial charge is 0.497 e. The van der Waals surface area contributed by atoms with Gasteiger partial charge in [-0.15, -0.1) is 0 Å². The second-order valence-electron chi connectivity index (χ2n) is 4.25. The van der Waals surface area contributed by atoms with Crippen LogP contribution in [-0.4, -0.2) is 12.0 Å². The highest BCUT2D eigenvalue weighted by Crippen LogP contribution is 2.31. The third-order valence-corrected chi connectivity index (χ3v) is 3.46. The normalized spacial score (nSPS) is 10.2. The maximum absolute atomic E-state index is 13.4. The van der Waals surface area contributed by atoms with Crippen molar-refractivity contribution in [3.63, 3.8) is 0 Å². The summed E-state index contributed by atoms with van der Waals surface area (Å²) in [5.74, 6) is 0.0257. The van der Waals surface area contributed by atoms with Gasteiger partial charge in [-0.05, 0) is 39.7 Å². The van der Waals surface area contributed by atoms with Crippen LogP contribution >= 0.6 is 15.9 Å². The van der Waals surface area contributed by atoms with Crippen LogP contribution in [0.1, 0.15) is 5.56 Å². The summed E-state index contributed by atoms with van der Waals surface area (Å²) in [6.45, 7) is 0.357. The Bertz CT molecular complexity index is 679. The van der Waals surface area contributed by atoms with E-state index in [0.717, 1.165) is 11.6 Å². The third-order valence-electron chi connectivity index (χ3n) is 2.85. The van der Waals surface area contributed by atoms with E-state index in [1.54, 1.807) is 13.2 Å². The summed E-state index contributed by atoms with van der Waals surface area (Å²) < 4.78 is 18.7. The smallest absolute Gasteiger partial charge is 0.295 e. The molecule has 0 heterocycles. The van der Waals surface area contributed by atoms with Crippen molar-refractivity contribution >= 4 is 27.3 Å². The summed E-state index contributed by atoms with van der Waals surface area (Å²) in [6.07, 6.45) is 0. The van der Waals surface area contributed by atoms with E-state index < -0.39 is 10.7 Å². The molecule has 0 radical (unpaired) electrons. The number of nitro groups is 1. The molecule has 2 aromatic rings. The first-order valence-corrected chi connectivity index (χ1v) is 6.81. The van der Waals surface area contributed by atoms with Gasteiger partial charge in [0, 0.05) is 6.54 Å². The molecule has 110 valence electrons. The number of hydrogen-bond acceptors (Lipinski definition) is 4. The van der Waals surface area contributed by atoms with Crippen molar-refractivity contribution in [2.75, 3.05) is 12.4 Å². The van der Waals surface area contributed by atoms with Crippen molar-refractivity contribution in [1.29, 1.82) is 0 Å². The molecule has 0 bridgehead atoms. The second kappa shape index (κ2) is 6.53. The molecule has 7 heteroatoms. The molecule has 0 aromatic heterocycles.